The first-order valence-electron chi connectivity index (χ1n) is 5.03. The molecule has 3 nitrogen and oxygen atoms in total. The van der Waals surface area contributed by atoms with Gasteiger partial charge in [0.1, 0.15) is 5.82 Å². The molecule has 1 heterocycles. The van der Waals surface area contributed by atoms with Crippen LogP contribution in [-0.2, 0) is 13.5 Å². The largest absolute Gasteiger partial charge is 0.338 e. The lowest BCUT2D eigenvalue weighted by atomic mass is 10.3. The predicted molar refractivity (Wildman–Crippen MR) is 52.5 cm³/mol. The summed E-state index contributed by atoms with van der Waals surface area (Å²) in [7, 11) is 2.04. The fraction of sp³-hybridized carbons (Fsp3) is 0.700. The second-order valence-electron chi connectivity index (χ2n) is 3.85. The van der Waals surface area contributed by atoms with Gasteiger partial charge in [0.15, 0.2) is 0 Å². The van der Waals surface area contributed by atoms with Gasteiger partial charge in [0.05, 0.1) is 0 Å². The fourth-order valence-corrected chi connectivity index (χ4v) is 1.47. The summed E-state index contributed by atoms with van der Waals surface area (Å²) < 4.78 is 2.08. The molecular weight excluding hydrogens is 162 g/mol. The van der Waals surface area contributed by atoms with E-state index in [9.17, 15) is 0 Å². The summed E-state index contributed by atoms with van der Waals surface area (Å²) in [6.07, 6.45) is 7.74. The number of imidazole rings is 1. The third-order valence-corrected chi connectivity index (χ3v) is 2.58. The Kier molecular flexibility index (Phi) is 2.64. The van der Waals surface area contributed by atoms with E-state index < -0.39 is 0 Å². The first kappa shape index (κ1) is 8.75. The minimum Gasteiger partial charge on any atom is -0.338 e. The first-order chi connectivity index (χ1) is 6.36. The van der Waals surface area contributed by atoms with Gasteiger partial charge in [-0.2, -0.15) is 0 Å². The topological polar surface area (TPSA) is 29.9 Å². The second-order valence-corrected chi connectivity index (χ2v) is 3.85. The Morgan fingerprint density at radius 1 is 1.62 bits per heavy atom. The molecular formula is C10H17N3. The molecule has 1 aromatic rings. The predicted octanol–water partition coefficient (Wildman–Crippen LogP) is 0.962. The number of hydrogen-bond acceptors (Lipinski definition) is 2. The van der Waals surface area contributed by atoms with Gasteiger partial charge in [0, 0.05) is 32.4 Å². The van der Waals surface area contributed by atoms with E-state index in [0.717, 1.165) is 18.9 Å². The highest BCUT2D eigenvalue weighted by molar-refractivity contribution is 4.91. The van der Waals surface area contributed by atoms with E-state index in [0.29, 0.717) is 0 Å². The van der Waals surface area contributed by atoms with Gasteiger partial charge in [-0.15, -0.1) is 0 Å². The molecule has 1 aliphatic rings. The van der Waals surface area contributed by atoms with Gasteiger partial charge in [-0.3, -0.25) is 0 Å². The molecule has 0 aliphatic heterocycles. The maximum atomic E-state index is 4.27. The van der Waals surface area contributed by atoms with Crippen LogP contribution in [0.15, 0.2) is 12.4 Å². The van der Waals surface area contributed by atoms with Crippen molar-refractivity contribution in [3.8, 4) is 0 Å². The first-order valence-corrected chi connectivity index (χ1v) is 5.03. The molecule has 1 aromatic heterocycles. The minimum atomic E-state index is 0.973. The number of nitrogens with one attached hydrogen (secondary N) is 1. The molecule has 1 N–H and O–H groups in total. The molecule has 1 saturated carbocycles. The van der Waals surface area contributed by atoms with E-state index >= 15 is 0 Å². The Bertz CT molecular complexity index is 263. The van der Waals surface area contributed by atoms with Crippen LogP contribution in [0.25, 0.3) is 0 Å². The van der Waals surface area contributed by atoms with Crippen molar-refractivity contribution in [1.82, 2.24) is 14.9 Å². The third kappa shape index (κ3) is 2.56. The van der Waals surface area contributed by atoms with Crippen LogP contribution in [0.3, 0.4) is 0 Å². The van der Waals surface area contributed by atoms with Crippen LogP contribution in [0.5, 0.6) is 0 Å². The average molecular weight is 179 g/mol. The van der Waals surface area contributed by atoms with Crippen molar-refractivity contribution in [3.63, 3.8) is 0 Å². The van der Waals surface area contributed by atoms with Crippen molar-refractivity contribution in [1.29, 1.82) is 0 Å². The number of rotatable bonds is 5. The summed E-state index contributed by atoms with van der Waals surface area (Å²) in [5.41, 5.74) is 0. The molecule has 0 spiro atoms. The van der Waals surface area contributed by atoms with Gasteiger partial charge < -0.3 is 9.88 Å². The molecule has 13 heavy (non-hydrogen) atoms. The molecule has 1 fully saturated rings. The maximum Gasteiger partial charge on any atom is 0.109 e. The number of hydrogen-bond donors (Lipinski definition) is 1. The Labute approximate surface area is 79.2 Å². The van der Waals surface area contributed by atoms with Gasteiger partial charge >= 0.3 is 0 Å². The Hall–Kier alpha value is -0.830. The highest BCUT2D eigenvalue weighted by Gasteiger charge is 2.19. The average Bonchev–Trinajstić information content (AvgIpc) is 2.86. The Balaban J connectivity index is 1.64. The van der Waals surface area contributed by atoms with E-state index in [2.05, 4.69) is 14.9 Å². The van der Waals surface area contributed by atoms with E-state index in [1.165, 1.54) is 25.2 Å². The van der Waals surface area contributed by atoms with E-state index in [4.69, 9.17) is 0 Å². The summed E-state index contributed by atoms with van der Waals surface area (Å²) in [6.45, 7) is 2.26. The summed E-state index contributed by atoms with van der Waals surface area (Å²) in [5, 5.41) is 3.46. The quantitative estimate of drug-likeness (QED) is 0.682. The van der Waals surface area contributed by atoms with Crippen molar-refractivity contribution in [2.45, 2.75) is 19.3 Å². The van der Waals surface area contributed by atoms with Gasteiger partial charge in [-0.1, -0.05) is 0 Å². The van der Waals surface area contributed by atoms with Crippen LogP contribution in [-0.4, -0.2) is 22.6 Å². The molecule has 0 saturated heterocycles. The lowest BCUT2D eigenvalue weighted by Crippen LogP contribution is -2.20. The molecule has 72 valence electrons. The van der Waals surface area contributed by atoms with Crippen molar-refractivity contribution in [2.75, 3.05) is 13.1 Å². The molecule has 1 aliphatic carbocycles. The minimum absolute atomic E-state index is 0.973. The fourth-order valence-electron chi connectivity index (χ4n) is 1.47. The smallest absolute Gasteiger partial charge is 0.109 e. The molecule has 0 aromatic carbocycles. The summed E-state index contributed by atoms with van der Waals surface area (Å²) >= 11 is 0. The van der Waals surface area contributed by atoms with Crippen LogP contribution in [0, 0.1) is 5.92 Å². The molecule has 2 rings (SSSR count). The van der Waals surface area contributed by atoms with Gasteiger partial charge in [-0.05, 0) is 25.3 Å². The van der Waals surface area contributed by atoms with Gasteiger partial charge in [0.2, 0.25) is 0 Å². The number of aryl methyl sites for hydroxylation is 1. The zero-order valence-corrected chi connectivity index (χ0v) is 8.16. The molecule has 0 amide bonds. The summed E-state index contributed by atoms with van der Waals surface area (Å²) in [5.74, 6) is 2.14. The normalized spacial score (nSPS) is 16.4. The van der Waals surface area contributed by atoms with Crippen LogP contribution < -0.4 is 5.32 Å². The zero-order valence-electron chi connectivity index (χ0n) is 8.16. The molecule has 0 unspecified atom stereocenters. The van der Waals surface area contributed by atoms with E-state index in [1.807, 2.05) is 19.4 Å². The standard InChI is InChI=1S/C10H17N3/c1-13-7-6-12-10(13)4-5-11-8-9-2-3-9/h6-7,9,11H,2-5,8H2,1H3. The molecule has 0 atom stereocenters. The monoisotopic (exact) mass is 179 g/mol. The van der Waals surface area contributed by atoms with Crippen LogP contribution in [0.4, 0.5) is 0 Å². The number of nitrogens with zero attached hydrogens (tertiary/aromatic N) is 2. The van der Waals surface area contributed by atoms with E-state index in [-0.39, 0.29) is 0 Å². The molecule has 3 heteroatoms. The highest BCUT2D eigenvalue weighted by atomic mass is 15.0. The van der Waals surface area contributed by atoms with Crippen LogP contribution in [0.1, 0.15) is 18.7 Å². The van der Waals surface area contributed by atoms with E-state index in [1.54, 1.807) is 0 Å². The Morgan fingerprint density at radius 3 is 3.08 bits per heavy atom. The second kappa shape index (κ2) is 3.92. The van der Waals surface area contributed by atoms with Crippen LogP contribution >= 0.6 is 0 Å². The lowest BCUT2D eigenvalue weighted by molar-refractivity contribution is 0.619. The van der Waals surface area contributed by atoms with Gasteiger partial charge in [-0.25, -0.2) is 4.98 Å². The lowest BCUT2D eigenvalue weighted by Gasteiger charge is -2.03. The van der Waals surface area contributed by atoms with Crippen molar-refractivity contribution >= 4 is 0 Å². The summed E-state index contributed by atoms with van der Waals surface area (Å²) in [6, 6.07) is 0. The SMILES string of the molecule is Cn1ccnc1CCNCC1CC1. The highest BCUT2D eigenvalue weighted by Crippen LogP contribution is 2.27. The van der Waals surface area contributed by atoms with Crippen molar-refractivity contribution in [3.05, 3.63) is 18.2 Å². The maximum absolute atomic E-state index is 4.27. The Morgan fingerprint density at radius 2 is 2.46 bits per heavy atom. The van der Waals surface area contributed by atoms with Gasteiger partial charge in [0.25, 0.3) is 0 Å². The molecule has 0 radical (unpaired) electrons. The van der Waals surface area contributed by atoms with Crippen molar-refractivity contribution < 1.29 is 0 Å². The molecule has 0 bridgehead atoms. The summed E-state index contributed by atoms with van der Waals surface area (Å²) in [4.78, 5) is 4.27. The number of aromatic nitrogens is 2. The van der Waals surface area contributed by atoms with Crippen molar-refractivity contribution in [2.24, 2.45) is 13.0 Å². The third-order valence-electron chi connectivity index (χ3n) is 2.58. The van der Waals surface area contributed by atoms with Crippen LogP contribution in [0.2, 0.25) is 0 Å². The zero-order chi connectivity index (χ0) is 9.10.